The van der Waals surface area contributed by atoms with Crippen LogP contribution in [0.4, 0.5) is 0 Å². The van der Waals surface area contributed by atoms with Gasteiger partial charge >= 0.3 is 23.9 Å². The second-order valence-electron chi connectivity index (χ2n) is 12.8. The molecule has 0 aromatic heterocycles. The zero-order chi connectivity index (χ0) is 30.4. The SMILES string of the molecule is C/C=C/CCCCC[C@H]1C=C2C34OC(=O)[C@]2(CC(=O)OC(C)(C)C)CC2=C(C(=O)OC2=O)[C@@H]3[C@@H]1C[C@@H](C(=O)SCC)O4. The highest BCUT2D eigenvalue weighted by molar-refractivity contribution is 8.13. The number of hydrogen-bond donors (Lipinski definition) is 0. The lowest BCUT2D eigenvalue weighted by molar-refractivity contribution is -0.266. The van der Waals surface area contributed by atoms with Gasteiger partial charge in [-0.1, -0.05) is 49.8 Å². The highest BCUT2D eigenvalue weighted by atomic mass is 32.2. The van der Waals surface area contributed by atoms with Crippen molar-refractivity contribution in [2.45, 2.75) is 103 Å². The van der Waals surface area contributed by atoms with E-state index in [0.29, 0.717) is 17.7 Å². The first kappa shape index (κ1) is 30.7. The number of rotatable bonds is 10. The van der Waals surface area contributed by atoms with Crippen molar-refractivity contribution < 1.29 is 42.9 Å². The van der Waals surface area contributed by atoms with Gasteiger partial charge in [-0.15, -0.1) is 0 Å². The zero-order valence-corrected chi connectivity index (χ0v) is 25.8. The Morgan fingerprint density at radius 2 is 1.90 bits per heavy atom. The number of allylic oxidation sites excluding steroid dienone is 3. The normalized spacial score (nSPS) is 33.3. The molecule has 2 saturated heterocycles. The van der Waals surface area contributed by atoms with Crippen molar-refractivity contribution in [3.8, 4) is 0 Å². The predicted octanol–water partition coefficient (Wildman–Crippen LogP) is 5.13. The van der Waals surface area contributed by atoms with E-state index >= 15 is 0 Å². The standard InChI is InChI=1S/C32H40O9S/c1-6-8-9-10-11-12-13-18-14-22-31(17-23(33)40-30(3,4)5)16-20-24(27(35)38-26(20)34)25-19(18)15-21(28(36)42-7-2)39-32(22,25)41-29(31)37/h6,8,14,18-19,21,25H,7,9-13,15-17H2,1-5H3/b8-6+/t18-,19+,21-,25-,31-,32?/m0/s1. The second-order valence-corrected chi connectivity index (χ2v) is 14.1. The predicted molar refractivity (Wildman–Crippen MR) is 154 cm³/mol. The quantitative estimate of drug-likeness (QED) is 0.110. The summed E-state index contributed by atoms with van der Waals surface area (Å²) in [5.74, 6) is -5.42. The molecule has 228 valence electrons. The third kappa shape index (κ3) is 5.19. The summed E-state index contributed by atoms with van der Waals surface area (Å²) in [5.41, 5.74) is -1.77. The van der Waals surface area contributed by atoms with Gasteiger partial charge in [0.25, 0.3) is 0 Å². The molecule has 5 rings (SSSR count). The van der Waals surface area contributed by atoms with Crippen molar-refractivity contribution in [2.24, 2.45) is 23.2 Å². The van der Waals surface area contributed by atoms with E-state index in [1.165, 1.54) is 0 Å². The minimum absolute atomic E-state index is 0.0892. The average Bonchev–Trinajstić information content (AvgIpc) is 3.25. The monoisotopic (exact) mass is 600 g/mol. The van der Waals surface area contributed by atoms with Crippen LogP contribution in [0.15, 0.2) is 34.9 Å². The van der Waals surface area contributed by atoms with Gasteiger partial charge < -0.3 is 18.9 Å². The van der Waals surface area contributed by atoms with E-state index in [0.717, 1.165) is 43.9 Å². The molecule has 6 atom stereocenters. The molecule has 10 heteroatoms. The Morgan fingerprint density at radius 3 is 2.60 bits per heavy atom. The van der Waals surface area contributed by atoms with Gasteiger partial charge in [0, 0.05) is 12.0 Å². The lowest BCUT2D eigenvalue weighted by atomic mass is 9.60. The molecule has 1 spiro atoms. The number of thioether (sulfide) groups is 1. The maximum atomic E-state index is 14.0. The van der Waals surface area contributed by atoms with E-state index in [9.17, 15) is 24.0 Å². The van der Waals surface area contributed by atoms with Crippen molar-refractivity contribution in [3.63, 3.8) is 0 Å². The van der Waals surface area contributed by atoms with Gasteiger partial charge in [0.05, 0.1) is 23.5 Å². The van der Waals surface area contributed by atoms with E-state index in [-0.39, 0.29) is 34.5 Å². The fourth-order valence-electron chi connectivity index (χ4n) is 7.39. The summed E-state index contributed by atoms with van der Waals surface area (Å²) in [7, 11) is 0. The van der Waals surface area contributed by atoms with Crippen LogP contribution in [0.3, 0.4) is 0 Å². The number of cyclic esters (lactones) is 2. The topological polar surface area (TPSA) is 122 Å². The van der Waals surface area contributed by atoms with Crippen LogP contribution in [0.25, 0.3) is 0 Å². The van der Waals surface area contributed by atoms with Gasteiger partial charge in [-0.3, -0.25) is 14.4 Å². The highest BCUT2D eigenvalue weighted by Gasteiger charge is 2.75. The Hall–Kier alpha value is -2.72. The van der Waals surface area contributed by atoms with Crippen molar-refractivity contribution in [2.75, 3.05) is 5.75 Å². The van der Waals surface area contributed by atoms with E-state index in [1.807, 2.05) is 26.0 Å². The lowest BCUT2D eigenvalue weighted by Gasteiger charge is -2.52. The third-order valence-corrected chi connectivity index (χ3v) is 9.76. The van der Waals surface area contributed by atoms with Crippen molar-refractivity contribution >= 4 is 40.8 Å². The molecule has 0 N–H and O–H groups in total. The highest BCUT2D eigenvalue weighted by Crippen LogP contribution is 2.67. The lowest BCUT2D eigenvalue weighted by Crippen LogP contribution is -2.59. The first-order valence-corrected chi connectivity index (χ1v) is 16.0. The summed E-state index contributed by atoms with van der Waals surface area (Å²) in [5, 5.41) is -0.175. The van der Waals surface area contributed by atoms with Crippen molar-refractivity contribution in [1.29, 1.82) is 0 Å². The molecule has 2 fully saturated rings. The molecule has 0 saturated carbocycles. The van der Waals surface area contributed by atoms with Gasteiger partial charge in [0.2, 0.25) is 10.9 Å². The van der Waals surface area contributed by atoms with Gasteiger partial charge in [-0.05, 0) is 71.0 Å². The van der Waals surface area contributed by atoms with E-state index in [1.54, 1.807) is 20.8 Å². The van der Waals surface area contributed by atoms with E-state index in [4.69, 9.17) is 18.9 Å². The molecule has 2 aliphatic carbocycles. The van der Waals surface area contributed by atoms with Crippen LogP contribution < -0.4 is 0 Å². The summed E-state index contributed by atoms with van der Waals surface area (Å²) < 4.78 is 23.4. The fourth-order valence-corrected chi connectivity index (χ4v) is 8.01. The summed E-state index contributed by atoms with van der Waals surface area (Å²) in [6, 6.07) is 0. The van der Waals surface area contributed by atoms with Crippen LogP contribution in [0.5, 0.6) is 0 Å². The Bertz CT molecular complexity index is 1290. The van der Waals surface area contributed by atoms with Gasteiger partial charge in [0.1, 0.15) is 17.1 Å². The Kier molecular flexibility index (Phi) is 8.35. The Balaban J connectivity index is 1.63. The largest absolute Gasteiger partial charge is 0.460 e. The second kappa shape index (κ2) is 11.4. The van der Waals surface area contributed by atoms with Crippen molar-refractivity contribution in [1.82, 2.24) is 0 Å². The molecule has 0 aromatic carbocycles. The molecule has 0 radical (unpaired) electrons. The summed E-state index contributed by atoms with van der Waals surface area (Å²) in [4.78, 5) is 66.9. The minimum atomic E-state index is -1.78. The molecule has 1 unspecified atom stereocenters. The smallest absolute Gasteiger partial charge is 0.343 e. The van der Waals surface area contributed by atoms with Crippen LogP contribution >= 0.6 is 11.8 Å². The molecule has 9 nitrogen and oxygen atoms in total. The molecular weight excluding hydrogens is 560 g/mol. The molecular formula is C32H40O9S. The molecule has 5 bridgehead atoms. The Labute approximate surface area is 250 Å². The van der Waals surface area contributed by atoms with Crippen LogP contribution in [0.1, 0.15) is 86.0 Å². The summed E-state index contributed by atoms with van der Waals surface area (Å²) in [6.45, 7) is 9.07. The van der Waals surface area contributed by atoms with E-state index < -0.39 is 59.1 Å². The number of carbonyl (C=O) groups excluding carboxylic acids is 5. The van der Waals surface area contributed by atoms with Gasteiger partial charge in [0.15, 0.2) is 0 Å². The Morgan fingerprint density at radius 1 is 1.14 bits per heavy atom. The number of ether oxygens (including phenoxy) is 4. The summed E-state index contributed by atoms with van der Waals surface area (Å²) >= 11 is 1.14. The van der Waals surface area contributed by atoms with Crippen LogP contribution in [-0.2, 0) is 42.9 Å². The number of carbonyl (C=O) groups is 5. The molecule has 0 aromatic rings. The molecule has 42 heavy (non-hydrogen) atoms. The molecule has 5 aliphatic rings. The third-order valence-electron chi connectivity index (χ3n) is 8.92. The molecule has 0 amide bonds. The maximum Gasteiger partial charge on any atom is 0.343 e. The van der Waals surface area contributed by atoms with Crippen molar-refractivity contribution in [3.05, 3.63) is 34.9 Å². The maximum absolute atomic E-state index is 14.0. The first-order chi connectivity index (χ1) is 19.9. The minimum Gasteiger partial charge on any atom is -0.460 e. The average molecular weight is 601 g/mol. The molecule has 3 aliphatic heterocycles. The first-order valence-electron chi connectivity index (χ1n) is 15.0. The van der Waals surface area contributed by atoms with Crippen LogP contribution in [0, 0.1) is 23.2 Å². The number of hydrogen-bond acceptors (Lipinski definition) is 10. The summed E-state index contributed by atoms with van der Waals surface area (Å²) in [6.07, 6.45) is 9.64. The zero-order valence-electron chi connectivity index (χ0n) is 25.0. The van der Waals surface area contributed by atoms with Crippen LogP contribution in [0.2, 0.25) is 0 Å². The number of esters is 4. The fraction of sp³-hybridized carbons (Fsp3) is 0.656. The number of unbranched alkanes of at least 4 members (excludes halogenated alkanes) is 3. The van der Waals surface area contributed by atoms with Crippen LogP contribution in [-0.4, -0.2) is 52.2 Å². The van der Waals surface area contributed by atoms with Gasteiger partial charge in [-0.25, -0.2) is 9.59 Å². The van der Waals surface area contributed by atoms with E-state index in [2.05, 4.69) is 6.08 Å². The van der Waals surface area contributed by atoms with Gasteiger partial charge in [-0.2, -0.15) is 0 Å². The molecule has 3 heterocycles.